The van der Waals surface area contributed by atoms with Crippen LogP contribution < -0.4 is 19.6 Å². The molecule has 0 saturated carbocycles. The summed E-state index contributed by atoms with van der Waals surface area (Å²) in [5.74, 6) is 0. The van der Waals surface area contributed by atoms with E-state index in [1.54, 1.807) is 0 Å². The quantitative estimate of drug-likeness (QED) is 0.0794. The van der Waals surface area contributed by atoms with Crippen LogP contribution in [0, 0.1) is 0 Å². The highest BCUT2D eigenvalue weighted by Crippen LogP contribution is 2.49. The predicted molar refractivity (Wildman–Crippen MR) is 613 cm³/mol. The highest BCUT2D eigenvalue weighted by atomic mass is 32.1. The average molecular weight is 1840 g/mol. The fraction of sp³-hybridized carbons (Fsp3) is 0. The van der Waals surface area contributed by atoms with Crippen molar-refractivity contribution >= 4 is 207 Å². The lowest BCUT2D eigenvalue weighted by atomic mass is 9.92. The Bertz CT molecular complexity index is 9300. The molecule has 0 N–H and O–H groups in total. The first-order chi connectivity index (χ1) is 70.4. The zero-order chi connectivity index (χ0) is 93.9. The minimum atomic E-state index is 1.09. The van der Waals surface area contributed by atoms with Crippen molar-refractivity contribution in [2.75, 3.05) is 19.6 Å². The summed E-state index contributed by atoms with van der Waals surface area (Å²) < 4.78 is 5.28. The molecule has 0 aliphatic carbocycles. The van der Waals surface area contributed by atoms with Crippen LogP contribution in [0.3, 0.4) is 0 Å². The first kappa shape index (κ1) is 84.5. The van der Waals surface area contributed by atoms with Crippen LogP contribution >= 0.6 is 22.7 Å². The van der Waals surface area contributed by atoms with Crippen molar-refractivity contribution in [2.24, 2.45) is 0 Å². The van der Waals surface area contributed by atoms with Crippen LogP contribution in [0.1, 0.15) is 0 Å². The summed E-state index contributed by atoms with van der Waals surface area (Å²) in [5, 5.41) is 23.1. The van der Waals surface area contributed by atoms with Gasteiger partial charge in [-0.2, -0.15) is 0 Å². The third kappa shape index (κ3) is 15.7. The molecule has 0 radical (unpaired) electrons. The number of hydrogen-bond donors (Lipinski definition) is 0. The fourth-order valence-electron chi connectivity index (χ4n) is 21.3. The minimum Gasteiger partial charge on any atom is -0.311 e. The highest BCUT2D eigenvalue weighted by molar-refractivity contribution is 7.26. The van der Waals surface area contributed by atoms with Gasteiger partial charge in [-0.1, -0.05) is 358 Å². The van der Waals surface area contributed by atoms with Crippen molar-refractivity contribution in [2.45, 2.75) is 0 Å². The Labute approximate surface area is 832 Å². The molecule has 0 unspecified atom stereocenters. The number of benzene rings is 25. The van der Waals surface area contributed by atoms with Gasteiger partial charge < -0.3 is 19.6 Å². The van der Waals surface area contributed by atoms with Crippen molar-refractivity contribution in [3.8, 4) is 66.8 Å². The molecule has 0 atom stereocenters. The molecule has 0 saturated heterocycles. The van der Waals surface area contributed by atoms with Gasteiger partial charge in [0.2, 0.25) is 0 Å². The third-order valence-electron chi connectivity index (χ3n) is 28.3. The predicted octanol–water partition coefficient (Wildman–Crippen LogP) is 40.1. The number of rotatable bonds is 18. The molecule has 27 rings (SSSR count). The van der Waals surface area contributed by atoms with Gasteiger partial charge in [-0.15, -0.1) is 22.7 Å². The topological polar surface area (TPSA) is 13.0 Å². The molecule has 0 bridgehead atoms. The molecular formula is C136H90N4S2. The van der Waals surface area contributed by atoms with E-state index in [-0.39, 0.29) is 0 Å². The van der Waals surface area contributed by atoms with E-state index < -0.39 is 0 Å². The maximum atomic E-state index is 2.37. The Morgan fingerprint density at radius 3 is 0.599 bits per heavy atom. The van der Waals surface area contributed by atoms with E-state index in [0.29, 0.717) is 0 Å². The Morgan fingerprint density at radius 2 is 0.296 bits per heavy atom. The smallest absolute Gasteiger partial charge is 0.0540 e. The van der Waals surface area contributed by atoms with Gasteiger partial charge in [-0.3, -0.25) is 0 Å². The lowest BCUT2D eigenvalue weighted by Crippen LogP contribution is -2.10. The van der Waals surface area contributed by atoms with Crippen LogP contribution in [-0.2, 0) is 0 Å². The third-order valence-corrected chi connectivity index (χ3v) is 30.6. The van der Waals surface area contributed by atoms with Gasteiger partial charge in [0.25, 0.3) is 0 Å². The Morgan fingerprint density at radius 1 is 0.106 bits per heavy atom. The zero-order valence-electron chi connectivity index (χ0n) is 77.6. The zero-order valence-corrected chi connectivity index (χ0v) is 79.2. The second kappa shape index (κ2) is 36.5. The molecule has 25 aromatic carbocycles. The van der Waals surface area contributed by atoms with Gasteiger partial charge in [0.1, 0.15) is 0 Å². The van der Waals surface area contributed by atoms with Crippen LogP contribution in [0.5, 0.6) is 0 Å². The van der Waals surface area contributed by atoms with Crippen molar-refractivity contribution in [1.29, 1.82) is 0 Å². The van der Waals surface area contributed by atoms with E-state index >= 15 is 0 Å². The standard InChI is InChI=1S/C70H46N2S.C66H44N2S/c1-2-15-54(16-3-1)72(68-23-12-14-51-13-4-5-17-59(51)68)58-41-27-48(28-42-58)47-25-35-55(36-26-47)71(57-39-31-50(32-40-57)53-34-44-70-67(46-53)65-22-10-11-24-69(65)73-70)56-37-29-49(30-38-56)52-33-43-64-62-20-7-6-18-60(62)61-19-8-9-21-63(61)66(64)45-52;1-3-13-51(14-4-1)67(52-15-5-2-6-16-52)53-33-23-45(24-34-53)46-25-35-54(36-26-46)68(56-39-29-48(30-40-56)50-32-42-66-64(44-50)62-21-11-12-22-65(62)69-66)55-37-27-47(28-38-55)49-31-41-61-59-19-8-7-17-57(59)58-18-9-10-20-60(58)63(61)43-49/h1-46H;1-44H. The fourth-order valence-corrected chi connectivity index (χ4v) is 23.5. The Kier molecular flexibility index (Phi) is 21.7. The molecule has 142 heavy (non-hydrogen) atoms. The normalized spacial score (nSPS) is 11.5. The molecule has 0 aliphatic rings. The molecule has 2 aromatic heterocycles. The number of para-hydroxylation sites is 3. The molecule has 0 fully saturated rings. The largest absolute Gasteiger partial charge is 0.311 e. The average Bonchev–Trinajstić information content (AvgIpc) is 0.975. The maximum Gasteiger partial charge on any atom is 0.0540 e. The van der Waals surface area contributed by atoms with E-state index in [9.17, 15) is 0 Å². The summed E-state index contributed by atoms with van der Waals surface area (Å²) in [5.41, 5.74) is 27.5. The summed E-state index contributed by atoms with van der Waals surface area (Å²) in [6.07, 6.45) is 0. The van der Waals surface area contributed by atoms with Crippen molar-refractivity contribution in [3.63, 3.8) is 0 Å². The lowest BCUT2D eigenvalue weighted by molar-refractivity contribution is 1.28. The van der Waals surface area contributed by atoms with Crippen molar-refractivity contribution in [3.05, 3.63) is 546 Å². The van der Waals surface area contributed by atoms with Crippen molar-refractivity contribution < 1.29 is 0 Å². The SMILES string of the molecule is c1ccc(N(c2ccc(-c3ccc(N(c4ccc(-c5ccc6sc7ccccc7c6c5)cc4)c4ccc(-c5ccc6c7ccccc7c7ccccc7c6c5)cc4)cc3)cc2)c2cccc3ccccc23)cc1.c1ccc(N(c2ccccc2)c2ccc(-c3ccc(N(c4ccc(-c5ccc6sc7ccccc7c6c5)cc4)c4ccc(-c5ccc6c7ccccc7c7ccccc7c6c5)cc4)cc3)cc2)cc1. The van der Waals surface area contributed by atoms with E-state index in [1.165, 1.54) is 160 Å². The molecule has 0 aliphatic heterocycles. The van der Waals surface area contributed by atoms with Gasteiger partial charge in [0.15, 0.2) is 0 Å². The van der Waals surface area contributed by atoms with Gasteiger partial charge in [0.05, 0.1) is 5.69 Å². The molecule has 4 nitrogen and oxygen atoms in total. The highest BCUT2D eigenvalue weighted by Gasteiger charge is 2.23. The second-order valence-corrected chi connectivity index (χ2v) is 38.7. The van der Waals surface area contributed by atoms with Crippen molar-refractivity contribution in [1.82, 2.24) is 0 Å². The molecular weight excluding hydrogens is 1750 g/mol. The van der Waals surface area contributed by atoms with Crippen LogP contribution in [0.25, 0.3) is 183 Å². The van der Waals surface area contributed by atoms with Gasteiger partial charge >= 0.3 is 0 Å². The molecule has 666 valence electrons. The van der Waals surface area contributed by atoms with E-state index in [4.69, 9.17) is 0 Å². The first-order valence-electron chi connectivity index (χ1n) is 48.5. The number of thiophene rings is 2. The monoisotopic (exact) mass is 1840 g/mol. The molecule has 2 heterocycles. The molecule has 0 spiro atoms. The summed E-state index contributed by atoms with van der Waals surface area (Å²) in [6.45, 7) is 0. The summed E-state index contributed by atoms with van der Waals surface area (Å²) in [7, 11) is 0. The maximum absolute atomic E-state index is 2.37. The summed E-state index contributed by atoms with van der Waals surface area (Å²) >= 11 is 3.72. The number of hydrogen-bond acceptors (Lipinski definition) is 6. The molecule has 6 heteroatoms. The number of fused-ring (bicyclic) bond motifs is 19. The van der Waals surface area contributed by atoms with E-state index in [0.717, 1.165) is 90.5 Å². The van der Waals surface area contributed by atoms with Crippen LogP contribution in [0.15, 0.2) is 546 Å². The van der Waals surface area contributed by atoms with Crippen LogP contribution in [-0.4, -0.2) is 0 Å². The van der Waals surface area contributed by atoms with E-state index in [1.807, 2.05) is 22.7 Å². The Balaban J connectivity index is 0.000000146. The Hall–Kier alpha value is -18.0. The first-order valence-corrected chi connectivity index (χ1v) is 50.2. The number of anilines is 12. The van der Waals surface area contributed by atoms with Gasteiger partial charge in [-0.05, 0) is 325 Å². The van der Waals surface area contributed by atoms with Gasteiger partial charge in [0, 0.05) is 108 Å². The van der Waals surface area contributed by atoms with Crippen LogP contribution in [0.2, 0.25) is 0 Å². The summed E-state index contributed by atoms with van der Waals surface area (Å²) in [6, 6.07) is 199. The minimum absolute atomic E-state index is 1.09. The van der Waals surface area contributed by atoms with Gasteiger partial charge in [-0.25, -0.2) is 0 Å². The molecule has 0 amide bonds. The number of nitrogens with zero attached hydrogens (tertiary/aromatic N) is 4. The second-order valence-electron chi connectivity index (χ2n) is 36.5. The van der Waals surface area contributed by atoms with Crippen LogP contribution in [0.4, 0.5) is 68.2 Å². The van der Waals surface area contributed by atoms with E-state index in [2.05, 4.69) is 566 Å². The molecule has 27 aromatic rings. The summed E-state index contributed by atoms with van der Waals surface area (Å²) in [4.78, 5) is 9.40. The lowest BCUT2D eigenvalue weighted by Gasteiger charge is -2.27.